The van der Waals surface area contributed by atoms with E-state index in [-0.39, 0.29) is 25.4 Å². The minimum absolute atomic E-state index is 0.132. The molecule has 0 aromatic carbocycles. The van der Waals surface area contributed by atoms with Crippen LogP contribution in [0.5, 0.6) is 0 Å². The predicted octanol–water partition coefficient (Wildman–Crippen LogP) is 7.21. The molecule has 0 rings (SSSR count). The highest BCUT2D eigenvalue weighted by atomic mass is 31.2. The molecule has 0 saturated carbocycles. The molecule has 0 N–H and O–H groups in total. The number of hydrogen-bond acceptors (Lipinski definition) is 6. The monoisotopic (exact) mass is 454 g/mol. The molecule has 0 aliphatic rings. The molecule has 0 unspecified atom stereocenters. The van der Waals surface area contributed by atoms with Crippen molar-refractivity contribution in [3.63, 3.8) is 0 Å². The Hall–Kier alpha value is -1.84. The van der Waals surface area contributed by atoms with Crippen molar-refractivity contribution < 1.29 is 27.7 Å². The molecule has 0 radical (unpaired) electrons. The molecule has 0 spiro atoms. The lowest BCUT2D eigenvalue weighted by Gasteiger charge is -2.18. The van der Waals surface area contributed by atoms with Crippen molar-refractivity contribution in [1.29, 1.82) is 0 Å². The van der Waals surface area contributed by atoms with E-state index in [1.54, 1.807) is 19.9 Å². The highest BCUT2D eigenvalue weighted by molar-refractivity contribution is 7.48. The average Bonchev–Trinajstić information content (AvgIpc) is 2.67. The highest BCUT2D eigenvalue weighted by Crippen LogP contribution is 2.51. The van der Waals surface area contributed by atoms with E-state index in [0.717, 1.165) is 37.3 Å². The van der Waals surface area contributed by atoms with Crippen LogP contribution in [0.2, 0.25) is 0 Å². The Kier molecular flexibility index (Phi) is 15.8. The van der Waals surface area contributed by atoms with Gasteiger partial charge in [-0.1, -0.05) is 23.3 Å². The Morgan fingerprint density at radius 1 is 0.968 bits per heavy atom. The van der Waals surface area contributed by atoms with Crippen LogP contribution in [-0.4, -0.2) is 26.3 Å². The molecule has 0 atom stereocenters. The molecule has 7 heteroatoms. The summed E-state index contributed by atoms with van der Waals surface area (Å²) >= 11 is 0. The topological polar surface area (TPSA) is 71.1 Å². The zero-order valence-electron chi connectivity index (χ0n) is 20.2. The fourth-order valence-electron chi connectivity index (χ4n) is 2.49. The SMILES string of the molecule is CCOP(=O)(OCC)O/C(=C\C(=O)OC)CC=C=C(C)CC/C=C(/C)CCC=C(C)C. The van der Waals surface area contributed by atoms with Gasteiger partial charge in [-0.05, 0) is 78.9 Å². The lowest BCUT2D eigenvalue weighted by molar-refractivity contribution is -0.135. The Balaban J connectivity index is 5.03. The molecule has 0 heterocycles. The van der Waals surface area contributed by atoms with Crippen molar-refractivity contribution in [2.45, 2.75) is 73.6 Å². The molecule has 0 aliphatic carbocycles. The molecule has 0 amide bonds. The average molecular weight is 455 g/mol. The summed E-state index contributed by atoms with van der Waals surface area (Å²) in [5.41, 5.74) is 7.00. The third kappa shape index (κ3) is 15.6. The molecule has 31 heavy (non-hydrogen) atoms. The first kappa shape index (κ1) is 29.2. The number of allylic oxidation sites excluding steroid dienone is 5. The van der Waals surface area contributed by atoms with Crippen molar-refractivity contribution in [3.8, 4) is 0 Å². The van der Waals surface area contributed by atoms with Gasteiger partial charge in [-0.25, -0.2) is 9.36 Å². The number of hydrogen-bond donors (Lipinski definition) is 0. The van der Waals surface area contributed by atoms with Crippen molar-refractivity contribution >= 4 is 13.8 Å². The van der Waals surface area contributed by atoms with Crippen LogP contribution >= 0.6 is 7.82 Å². The van der Waals surface area contributed by atoms with Gasteiger partial charge in [0, 0.05) is 6.42 Å². The van der Waals surface area contributed by atoms with E-state index >= 15 is 0 Å². The van der Waals surface area contributed by atoms with Crippen LogP contribution in [0.1, 0.15) is 73.6 Å². The Morgan fingerprint density at radius 2 is 1.58 bits per heavy atom. The normalized spacial score (nSPS) is 12.1. The summed E-state index contributed by atoms with van der Waals surface area (Å²) in [6.07, 6.45) is 11.5. The van der Waals surface area contributed by atoms with Gasteiger partial charge in [0.05, 0.1) is 26.4 Å². The summed E-state index contributed by atoms with van der Waals surface area (Å²) in [7, 11) is -2.53. The van der Waals surface area contributed by atoms with Crippen LogP contribution in [0, 0.1) is 0 Å². The number of phosphoric acid groups is 1. The number of ether oxygens (including phenoxy) is 1. The van der Waals surface area contributed by atoms with Gasteiger partial charge in [0.15, 0.2) is 0 Å². The fraction of sp³-hybridized carbons (Fsp3) is 0.583. The summed E-state index contributed by atoms with van der Waals surface area (Å²) in [6.45, 7) is 12.1. The fourth-order valence-corrected chi connectivity index (χ4v) is 3.71. The van der Waals surface area contributed by atoms with E-state index in [4.69, 9.17) is 13.6 Å². The maximum absolute atomic E-state index is 12.6. The molecule has 176 valence electrons. The number of rotatable bonds is 15. The van der Waals surface area contributed by atoms with Gasteiger partial charge >= 0.3 is 13.8 Å². The van der Waals surface area contributed by atoms with Gasteiger partial charge in [0.1, 0.15) is 5.76 Å². The van der Waals surface area contributed by atoms with Gasteiger partial charge in [0.2, 0.25) is 0 Å². The molecule has 0 bridgehead atoms. The third-order valence-electron chi connectivity index (χ3n) is 4.04. The molecule has 6 nitrogen and oxygen atoms in total. The largest absolute Gasteiger partial charge is 0.529 e. The van der Waals surface area contributed by atoms with Crippen LogP contribution < -0.4 is 0 Å². The third-order valence-corrected chi connectivity index (χ3v) is 5.65. The van der Waals surface area contributed by atoms with E-state index in [2.05, 4.69) is 43.4 Å². The minimum Gasteiger partial charge on any atom is -0.466 e. The van der Waals surface area contributed by atoms with E-state index < -0.39 is 13.8 Å². The van der Waals surface area contributed by atoms with Gasteiger partial charge in [-0.2, -0.15) is 0 Å². The van der Waals surface area contributed by atoms with Crippen LogP contribution in [0.4, 0.5) is 0 Å². The number of carbonyl (C=O) groups excluding carboxylic acids is 1. The second-order valence-corrected chi connectivity index (χ2v) is 8.84. The van der Waals surface area contributed by atoms with E-state index in [1.807, 2.05) is 6.92 Å². The predicted molar refractivity (Wildman–Crippen MR) is 126 cm³/mol. The van der Waals surface area contributed by atoms with Crippen molar-refractivity contribution in [1.82, 2.24) is 0 Å². The number of carbonyl (C=O) groups is 1. The highest BCUT2D eigenvalue weighted by Gasteiger charge is 2.28. The Labute approximate surface area is 188 Å². The minimum atomic E-state index is -3.79. The molecular formula is C24H39O6P. The van der Waals surface area contributed by atoms with Crippen LogP contribution in [0.25, 0.3) is 0 Å². The summed E-state index contributed by atoms with van der Waals surface area (Å²) in [6, 6.07) is 0. The zero-order chi connectivity index (χ0) is 23.7. The standard InChI is InChI=1S/C24H39O6P/c1-8-28-31(26,29-9-2)30-23(19-24(25)27-7)18-12-17-22(6)16-11-15-21(5)14-10-13-20(3)4/h12-13,15,19H,8-11,14,16,18H2,1-7H3/b21-15-,23-19-. The van der Waals surface area contributed by atoms with E-state index in [1.165, 1.54) is 18.3 Å². The van der Waals surface area contributed by atoms with E-state index in [9.17, 15) is 9.36 Å². The molecule has 0 aromatic rings. The first-order chi connectivity index (χ1) is 14.7. The summed E-state index contributed by atoms with van der Waals surface area (Å²) in [4.78, 5) is 11.6. The van der Waals surface area contributed by atoms with Gasteiger partial charge in [-0.15, -0.1) is 5.73 Å². The van der Waals surface area contributed by atoms with E-state index in [0.29, 0.717) is 0 Å². The summed E-state index contributed by atoms with van der Waals surface area (Å²) in [5.74, 6) is -0.482. The second-order valence-electron chi connectivity index (χ2n) is 7.25. The Bertz CT molecular complexity index is 740. The first-order valence-electron chi connectivity index (χ1n) is 10.7. The number of phosphoric ester groups is 1. The molecule has 0 aliphatic heterocycles. The summed E-state index contributed by atoms with van der Waals surface area (Å²) in [5, 5.41) is 0. The summed E-state index contributed by atoms with van der Waals surface area (Å²) < 4.78 is 32.9. The van der Waals surface area contributed by atoms with Crippen molar-refractivity contribution in [2.24, 2.45) is 0 Å². The molecule has 0 aromatic heterocycles. The van der Waals surface area contributed by atoms with Gasteiger partial charge in [-0.3, -0.25) is 9.05 Å². The number of esters is 1. The van der Waals surface area contributed by atoms with Crippen LogP contribution in [0.3, 0.4) is 0 Å². The van der Waals surface area contributed by atoms with Gasteiger partial charge in [0.25, 0.3) is 0 Å². The van der Waals surface area contributed by atoms with Gasteiger partial charge < -0.3 is 9.26 Å². The zero-order valence-corrected chi connectivity index (χ0v) is 21.1. The van der Waals surface area contributed by atoms with Crippen molar-refractivity contribution in [2.75, 3.05) is 20.3 Å². The number of methoxy groups -OCH3 is 1. The smallest absolute Gasteiger partial charge is 0.466 e. The quantitative estimate of drug-likeness (QED) is 0.0650. The first-order valence-corrected chi connectivity index (χ1v) is 12.2. The lowest BCUT2D eigenvalue weighted by Crippen LogP contribution is -2.03. The van der Waals surface area contributed by atoms with Crippen LogP contribution in [-0.2, 0) is 27.7 Å². The molecule has 0 saturated heterocycles. The van der Waals surface area contributed by atoms with Crippen molar-refractivity contribution in [3.05, 3.63) is 52.5 Å². The lowest BCUT2D eigenvalue weighted by atomic mass is 10.1. The maximum Gasteiger partial charge on any atom is 0.529 e. The molecule has 0 fully saturated rings. The maximum atomic E-state index is 12.6. The molecular weight excluding hydrogens is 415 g/mol. The second kappa shape index (κ2) is 16.8. The van der Waals surface area contributed by atoms with Crippen LogP contribution in [0.15, 0.2) is 52.5 Å². The Morgan fingerprint density at radius 3 is 2.13 bits per heavy atom.